The zero-order valence-electron chi connectivity index (χ0n) is 10.8. The molecule has 18 heavy (non-hydrogen) atoms. The summed E-state index contributed by atoms with van der Waals surface area (Å²) in [4.78, 5) is 0. The standard InChI is InChI=1S/C15H19F2P/c1-4-11-14(5-2,6-3)12-7-9-13(10-8-12)15(16,17)18/h2,7-10H,4,6,11,18H2,1,3H3. The van der Waals surface area contributed by atoms with Crippen LogP contribution < -0.4 is 0 Å². The molecular weight excluding hydrogens is 249 g/mol. The molecule has 0 saturated heterocycles. The molecular formula is C15H19F2P. The summed E-state index contributed by atoms with van der Waals surface area (Å²) in [6, 6.07) is 6.37. The van der Waals surface area contributed by atoms with Crippen molar-refractivity contribution in [2.24, 2.45) is 0 Å². The minimum Gasteiger partial charge on any atom is -0.197 e. The molecule has 0 fully saturated rings. The zero-order chi connectivity index (χ0) is 13.8. The monoisotopic (exact) mass is 268 g/mol. The summed E-state index contributed by atoms with van der Waals surface area (Å²) in [7, 11) is 1.55. The molecule has 0 bridgehead atoms. The van der Waals surface area contributed by atoms with Gasteiger partial charge in [0.2, 0.25) is 0 Å². The number of hydrogen-bond acceptors (Lipinski definition) is 0. The van der Waals surface area contributed by atoms with Crippen molar-refractivity contribution in [2.45, 2.75) is 44.2 Å². The predicted molar refractivity (Wildman–Crippen MR) is 75.8 cm³/mol. The van der Waals surface area contributed by atoms with Crippen LogP contribution in [0.4, 0.5) is 8.78 Å². The Balaban J connectivity index is 3.14. The van der Waals surface area contributed by atoms with Gasteiger partial charge in [0.25, 0.3) is 5.66 Å². The first-order valence-electron chi connectivity index (χ1n) is 6.15. The molecule has 2 unspecified atom stereocenters. The molecule has 1 rings (SSSR count). The van der Waals surface area contributed by atoms with Crippen molar-refractivity contribution in [3.05, 3.63) is 35.4 Å². The summed E-state index contributed by atoms with van der Waals surface area (Å²) in [6.07, 6.45) is 8.31. The highest BCUT2D eigenvalue weighted by atomic mass is 31.0. The first-order chi connectivity index (χ1) is 8.39. The number of benzene rings is 1. The molecule has 0 aromatic heterocycles. The Bertz CT molecular complexity index is 425. The van der Waals surface area contributed by atoms with Crippen LogP contribution in [0.15, 0.2) is 24.3 Å². The first kappa shape index (κ1) is 15.1. The lowest BCUT2D eigenvalue weighted by atomic mass is 9.75. The number of alkyl halides is 2. The molecule has 1 aromatic carbocycles. The number of rotatable bonds is 5. The molecule has 0 aliphatic heterocycles. The van der Waals surface area contributed by atoms with E-state index in [1.54, 1.807) is 21.4 Å². The van der Waals surface area contributed by atoms with Crippen LogP contribution in [-0.4, -0.2) is 0 Å². The van der Waals surface area contributed by atoms with Crippen molar-refractivity contribution < 1.29 is 8.78 Å². The second-order valence-electron chi connectivity index (χ2n) is 4.53. The van der Waals surface area contributed by atoms with Crippen LogP contribution >= 0.6 is 9.24 Å². The quantitative estimate of drug-likeness (QED) is 0.536. The van der Waals surface area contributed by atoms with Crippen molar-refractivity contribution in [1.29, 1.82) is 0 Å². The van der Waals surface area contributed by atoms with Crippen molar-refractivity contribution in [3.8, 4) is 12.3 Å². The minimum atomic E-state index is -2.88. The lowest BCUT2D eigenvalue weighted by Crippen LogP contribution is -2.23. The summed E-state index contributed by atoms with van der Waals surface area (Å²) < 4.78 is 26.2. The molecule has 0 aliphatic carbocycles. The highest BCUT2D eigenvalue weighted by molar-refractivity contribution is 7.17. The molecule has 0 saturated carbocycles. The highest BCUT2D eigenvalue weighted by Crippen LogP contribution is 2.37. The summed E-state index contributed by atoms with van der Waals surface area (Å²) >= 11 is 0. The van der Waals surface area contributed by atoms with Crippen LogP contribution in [0.2, 0.25) is 0 Å². The van der Waals surface area contributed by atoms with E-state index in [0.29, 0.717) is 0 Å². The summed E-state index contributed by atoms with van der Waals surface area (Å²) in [6.45, 7) is 4.11. The van der Waals surface area contributed by atoms with Gasteiger partial charge in [-0.1, -0.05) is 59.7 Å². The third kappa shape index (κ3) is 3.09. The maximum absolute atomic E-state index is 13.1. The van der Waals surface area contributed by atoms with E-state index in [9.17, 15) is 8.78 Å². The summed E-state index contributed by atoms with van der Waals surface area (Å²) in [5.41, 5.74) is -2.26. The van der Waals surface area contributed by atoms with E-state index in [0.717, 1.165) is 24.8 Å². The molecule has 1 aromatic rings. The van der Waals surface area contributed by atoms with Gasteiger partial charge in [0.05, 0.1) is 5.41 Å². The zero-order valence-corrected chi connectivity index (χ0v) is 12.0. The van der Waals surface area contributed by atoms with Crippen molar-refractivity contribution in [3.63, 3.8) is 0 Å². The van der Waals surface area contributed by atoms with E-state index in [1.165, 1.54) is 12.1 Å². The van der Waals surface area contributed by atoms with Crippen LogP contribution in [0.25, 0.3) is 0 Å². The molecule has 0 aliphatic rings. The minimum absolute atomic E-state index is 0.00484. The first-order valence-corrected chi connectivity index (χ1v) is 6.73. The maximum atomic E-state index is 13.1. The fourth-order valence-electron chi connectivity index (χ4n) is 2.22. The van der Waals surface area contributed by atoms with Gasteiger partial charge in [-0.3, -0.25) is 0 Å². The lowest BCUT2D eigenvalue weighted by Gasteiger charge is -2.27. The van der Waals surface area contributed by atoms with Gasteiger partial charge in [-0.2, -0.15) is 8.78 Å². The Morgan fingerprint density at radius 2 is 1.67 bits per heavy atom. The molecule has 0 spiro atoms. The fraction of sp³-hybridized carbons (Fsp3) is 0.467. The van der Waals surface area contributed by atoms with E-state index in [-0.39, 0.29) is 11.0 Å². The van der Waals surface area contributed by atoms with Crippen molar-refractivity contribution in [2.75, 3.05) is 0 Å². The van der Waals surface area contributed by atoms with E-state index >= 15 is 0 Å². The van der Waals surface area contributed by atoms with Gasteiger partial charge in [0.15, 0.2) is 0 Å². The number of terminal acetylenes is 1. The average molecular weight is 268 g/mol. The Kier molecular flexibility index (Phi) is 4.88. The summed E-state index contributed by atoms with van der Waals surface area (Å²) in [5.74, 6) is 2.85. The number of hydrogen-bond donors (Lipinski definition) is 0. The Morgan fingerprint density at radius 3 is 2.00 bits per heavy atom. The average Bonchev–Trinajstić information content (AvgIpc) is 2.35. The van der Waals surface area contributed by atoms with Gasteiger partial charge >= 0.3 is 0 Å². The van der Waals surface area contributed by atoms with E-state index in [4.69, 9.17) is 6.42 Å². The third-order valence-corrected chi connectivity index (χ3v) is 3.71. The van der Waals surface area contributed by atoms with Gasteiger partial charge in [-0.25, -0.2) is 0 Å². The Hall–Kier alpha value is -0.930. The summed E-state index contributed by atoms with van der Waals surface area (Å²) in [5, 5.41) is 0. The van der Waals surface area contributed by atoms with E-state index < -0.39 is 5.66 Å². The SMILES string of the molecule is C#CC(CC)(CCC)c1ccc(C(F)(F)P)cc1. The van der Waals surface area contributed by atoms with Crippen molar-refractivity contribution >= 4 is 9.24 Å². The second-order valence-corrected chi connectivity index (χ2v) is 5.26. The molecule has 0 radical (unpaired) electrons. The van der Waals surface area contributed by atoms with Gasteiger partial charge in [-0.15, -0.1) is 6.42 Å². The van der Waals surface area contributed by atoms with Crippen molar-refractivity contribution in [1.82, 2.24) is 0 Å². The van der Waals surface area contributed by atoms with Gasteiger partial charge in [-0.05, 0) is 18.4 Å². The second kappa shape index (κ2) is 5.81. The van der Waals surface area contributed by atoms with E-state index in [2.05, 4.69) is 12.8 Å². The molecule has 0 N–H and O–H groups in total. The van der Waals surface area contributed by atoms with Crippen LogP contribution in [0.1, 0.15) is 44.2 Å². The predicted octanol–water partition coefficient (Wildman–Crippen LogP) is 4.69. The van der Waals surface area contributed by atoms with E-state index in [1.807, 2.05) is 6.92 Å². The van der Waals surface area contributed by atoms with Gasteiger partial charge in [0.1, 0.15) is 0 Å². The normalized spacial score (nSPS) is 14.9. The Morgan fingerprint density at radius 1 is 1.17 bits per heavy atom. The van der Waals surface area contributed by atoms with Crippen LogP contribution in [0, 0.1) is 12.3 Å². The largest absolute Gasteiger partial charge is 0.283 e. The molecule has 0 nitrogen and oxygen atoms in total. The van der Waals surface area contributed by atoms with Gasteiger partial charge < -0.3 is 0 Å². The van der Waals surface area contributed by atoms with Gasteiger partial charge in [0, 0.05) is 5.56 Å². The smallest absolute Gasteiger partial charge is 0.197 e. The molecule has 2 atom stereocenters. The lowest BCUT2D eigenvalue weighted by molar-refractivity contribution is 0.104. The molecule has 0 amide bonds. The molecule has 98 valence electrons. The molecule has 0 heterocycles. The van der Waals surface area contributed by atoms with Crippen LogP contribution in [0.5, 0.6) is 0 Å². The third-order valence-electron chi connectivity index (χ3n) is 3.38. The van der Waals surface area contributed by atoms with Crippen LogP contribution in [0.3, 0.4) is 0 Å². The highest BCUT2D eigenvalue weighted by Gasteiger charge is 2.29. The fourth-order valence-corrected chi connectivity index (χ4v) is 2.41. The molecule has 3 heteroatoms. The Labute approximate surface area is 110 Å². The maximum Gasteiger partial charge on any atom is 0.283 e. The number of halogens is 2. The van der Waals surface area contributed by atoms with Crippen LogP contribution in [-0.2, 0) is 11.1 Å². The topological polar surface area (TPSA) is 0 Å².